The van der Waals surface area contributed by atoms with Gasteiger partial charge in [-0.05, 0) is 55.2 Å². The number of carbonyl (C=O) groups excluding carboxylic acids is 1. The van der Waals surface area contributed by atoms with Crippen molar-refractivity contribution in [3.63, 3.8) is 0 Å². The molecule has 2 aromatic rings. The molecule has 1 amide bonds. The second-order valence-electron chi connectivity index (χ2n) is 7.23. The van der Waals surface area contributed by atoms with Gasteiger partial charge in [-0.3, -0.25) is 4.79 Å². The number of nitrogens with zero attached hydrogens (tertiary/aromatic N) is 1. The van der Waals surface area contributed by atoms with E-state index in [1.54, 1.807) is 12.1 Å². The van der Waals surface area contributed by atoms with Crippen LogP contribution in [0.5, 0.6) is 0 Å². The zero-order valence-corrected chi connectivity index (χ0v) is 17.0. The molecule has 2 aromatic carbocycles. The van der Waals surface area contributed by atoms with Gasteiger partial charge in [0, 0.05) is 24.7 Å². The first-order chi connectivity index (χ1) is 13.8. The first-order valence-corrected chi connectivity index (χ1v) is 11.0. The highest BCUT2D eigenvalue weighted by atomic mass is 32.2. The predicted molar refractivity (Wildman–Crippen MR) is 110 cm³/mol. The van der Waals surface area contributed by atoms with E-state index >= 15 is 0 Å². The van der Waals surface area contributed by atoms with Crippen LogP contribution in [-0.4, -0.2) is 42.8 Å². The monoisotopic (exact) mass is 416 g/mol. The van der Waals surface area contributed by atoms with Crippen molar-refractivity contribution >= 4 is 27.6 Å². The third-order valence-corrected chi connectivity index (χ3v) is 7.04. The largest absolute Gasteiger partial charge is 0.478 e. The number of hydrogen-bond donors (Lipinski definition) is 2. The zero-order valence-electron chi connectivity index (χ0n) is 16.2. The molecule has 0 saturated carbocycles. The van der Waals surface area contributed by atoms with Crippen LogP contribution in [0.4, 0.5) is 5.69 Å². The van der Waals surface area contributed by atoms with Gasteiger partial charge in [-0.2, -0.15) is 0 Å². The smallest absolute Gasteiger partial charge is 0.335 e. The number of sulfonamides is 1. The van der Waals surface area contributed by atoms with Crippen molar-refractivity contribution in [2.24, 2.45) is 5.92 Å². The SMILES string of the molecule is Cc1ccccc1CS(=O)(=O)N1CCC(C(=O)Nc2ccc(C(=O)O)cc2)CC1. The minimum absolute atomic E-state index is 0.0353. The first-order valence-electron chi connectivity index (χ1n) is 9.43. The number of carboxylic acid groups (broad SMARTS) is 1. The van der Waals surface area contributed by atoms with Gasteiger partial charge in [0.1, 0.15) is 0 Å². The average molecular weight is 416 g/mol. The van der Waals surface area contributed by atoms with Gasteiger partial charge in [-0.25, -0.2) is 17.5 Å². The van der Waals surface area contributed by atoms with Gasteiger partial charge < -0.3 is 10.4 Å². The molecule has 0 unspecified atom stereocenters. The lowest BCUT2D eigenvalue weighted by molar-refractivity contribution is -0.120. The van der Waals surface area contributed by atoms with Gasteiger partial charge in [-0.1, -0.05) is 24.3 Å². The highest BCUT2D eigenvalue weighted by molar-refractivity contribution is 7.88. The van der Waals surface area contributed by atoms with E-state index in [0.717, 1.165) is 11.1 Å². The normalized spacial score (nSPS) is 15.8. The third-order valence-electron chi connectivity index (χ3n) is 5.22. The van der Waals surface area contributed by atoms with Crippen molar-refractivity contribution in [2.45, 2.75) is 25.5 Å². The van der Waals surface area contributed by atoms with Crippen LogP contribution in [0.2, 0.25) is 0 Å². The molecular weight excluding hydrogens is 392 g/mol. The molecule has 0 aliphatic carbocycles. The summed E-state index contributed by atoms with van der Waals surface area (Å²) in [6, 6.07) is 13.4. The lowest BCUT2D eigenvalue weighted by Crippen LogP contribution is -2.41. The fourth-order valence-corrected chi connectivity index (χ4v) is 5.06. The molecule has 0 bridgehead atoms. The van der Waals surface area contributed by atoms with Crippen LogP contribution in [0.25, 0.3) is 0 Å². The van der Waals surface area contributed by atoms with Crippen molar-refractivity contribution in [2.75, 3.05) is 18.4 Å². The van der Waals surface area contributed by atoms with Crippen LogP contribution in [0.15, 0.2) is 48.5 Å². The number of piperidine rings is 1. The van der Waals surface area contributed by atoms with Crippen LogP contribution in [-0.2, 0) is 20.6 Å². The number of hydrogen-bond acceptors (Lipinski definition) is 4. The second kappa shape index (κ2) is 8.75. The number of aromatic carboxylic acids is 1. The van der Waals surface area contributed by atoms with Gasteiger partial charge in [0.2, 0.25) is 15.9 Å². The van der Waals surface area contributed by atoms with Crippen molar-refractivity contribution < 1.29 is 23.1 Å². The van der Waals surface area contributed by atoms with Crippen molar-refractivity contribution in [3.05, 3.63) is 65.2 Å². The Balaban J connectivity index is 1.56. The van der Waals surface area contributed by atoms with Gasteiger partial charge in [0.05, 0.1) is 11.3 Å². The van der Waals surface area contributed by atoms with E-state index in [9.17, 15) is 18.0 Å². The molecule has 2 N–H and O–H groups in total. The Bertz CT molecular complexity index is 994. The molecule has 0 spiro atoms. The van der Waals surface area contributed by atoms with E-state index in [1.165, 1.54) is 16.4 Å². The van der Waals surface area contributed by atoms with Crippen LogP contribution >= 0.6 is 0 Å². The van der Waals surface area contributed by atoms with Crippen LogP contribution in [0, 0.1) is 12.8 Å². The lowest BCUT2D eigenvalue weighted by atomic mass is 9.97. The Hall–Kier alpha value is -2.71. The summed E-state index contributed by atoms with van der Waals surface area (Å²) in [6.45, 7) is 2.51. The summed E-state index contributed by atoms with van der Waals surface area (Å²) in [5.74, 6) is -1.52. The minimum Gasteiger partial charge on any atom is -0.478 e. The van der Waals surface area contributed by atoms with Crippen molar-refractivity contribution in [1.82, 2.24) is 4.31 Å². The van der Waals surface area contributed by atoms with Gasteiger partial charge in [0.25, 0.3) is 0 Å². The molecule has 1 fully saturated rings. The number of carboxylic acids is 1. The van der Waals surface area contributed by atoms with E-state index < -0.39 is 16.0 Å². The highest BCUT2D eigenvalue weighted by Gasteiger charge is 2.31. The molecule has 7 nitrogen and oxygen atoms in total. The first kappa shape index (κ1) is 21.0. The van der Waals surface area contributed by atoms with Crippen LogP contribution in [0.3, 0.4) is 0 Å². The molecule has 0 radical (unpaired) electrons. The predicted octanol–water partition coefficient (Wildman–Crippen LogP) is 2.87. The number of aryl methyl sites for hydroxylation is 1. The van der Waals surface area contributed by atoms with Crippen LogP contribution < -0.4 is 5.32 Å². The molecule has 154 valence electrons. The maximum absolute atomic E-state index is 12.7. The van der Waals surface area contributed by atoms with Crippen LogP contribution in [0.1, 0.15) is 34.3 Å². The molecular formula is C21H24N2O5S. The summed E-state index contributed by atoms with van der Waals surface area (Å²) < 4.78 is 26.9. The number of nitrogens with one attached hydrogen (secondary N) is 1. The minimum atomic E-state index is -3.43. The fourth-order valence-electron chi connectivity index (χ4n) is 3.40. The third kappa shape index (κ3) is 5.21. The number of amides is 1. The average Bonchev–Trinajstić information content (AvgIpc) is 2.70. The topological polar surface area (TPSA) is 104 Å². The molecule has 29 heavy (non-hydrogen) atoms. The van der Waals surface area contributed by atoms with Gasteiger partial charge >= 0.3 is 5.97 Å². The molecule has 1 saturated heterocycles. The molecule has 1 aliphatic rings. The summed E-state index contributed by atoms with van der Waals surface area (Å²) in [7, 11) is -3.43. The standard InChI is InChI=1S/C21H24N2O5S/c1-15-4-2-3-5-18(15)14-29(27,28)23-12-10-16(11-13-23)20(24)22-19-8-6-17(7-9-19)21(25)26/h2-9,16H,10-14H2,1H3,(H,22,24)(H,25,26). The lowest BCUT2D eigenvalue weighted by Gasteiger charge is -2.30. The second-order valence-corrected chi connectivity index (χ2v) is 9.20. The van der Waals surface area contributed by atoms with Gasteiger partial charge in [-0.15, -0.1) is 0 Å². The highest BCUT2D eigenvalue weighted by Crippen LogP contribution is 2.24. The van der Waals surface area contributed by atoms with Crippen molar-refractivity contribution in [1.29, 1.82) is 0 Å². The summed E-state index contributed by atoms with van der Waals surface area (Å²) in [4.78, 5) is 23.4. The van der Waals surface area contributed by atoms with Crippen molar-refractivity contribution in [3.8, 4) is 0 Å². The fraction of sp³-hybridized carbons (Fsp3) is 0.333. The summed E-state index contributed by atoms with van der Waals surface area (Å²) in [5, 5.41) is 11.7. The molecule has 0 atom stereocenters. The maximum Gasteiger partial charge on any atom is 0.335 e. The quantitative estimate of drug-likeness (QED) is 0.754. The molecule has 3 rings (SSSR count). The van der Waals surface area contributed by atoms with E-state index in [0.29, 0.717) is 31.6 Å². The number of rotatable bonds is 6. The zero-order chi connectivity index (χ0) is 21.0. The number of carbonyl (C=O) groups is 2. The molecule has 1 aliphatic heterocycles. The Morgan fingerprint density at radius 1 is 1.07 bits per heavy atom. The van der Waals surface area contributed by atoms with E-state index in [2.05, 4.69) is 5.32 Å². The van der Waals surface area contributed by atoms with E-state index in [4.69, 9.17) is 5.11 Å². The van der Waals surface area contributed by atoms with Gasteiger partial charge in [0.15, 0.2) is 0 Å². The Kier molecular flexibility index (Phi) is 6.34. The molecule has 1 heterocycles. The Labute approximate surface area is 170 Å². The Morgan fingerprint density at radius 2 is 1.69 bits per heavy atom. The maximum atomic E-state index is 12.7. The van der Waals surface area contributed by atoms with E-state index in [1.807, 2.05) is 31.2 Å². The Morgan fingerprint density at radius 3 is 2.28 bits per heavy atom. The van der Waals surface area contributed by atoms with E-state index in [-0.39, 0.29) is 23.1 Å². The number of benzene rings is 2. The molecule has 8 heteroatoms. The number of anilines is 1. The molecule has 0 aromatic heterocycles. The summed E-state index contributed by atoms with van der Waals surface area (Å²) in [6.07, 6.45) is 0.901. The summed E-state index contributed by atoms with van der Waals surface area (Å²) >= 11 is 0. The summed E-state index contributed by atoms with van der Waals surface area (Å²) in [5.41, 5.74) is 2.40.